The van der Waals surface area contributed by atoms with Gasteiger partial charge in [0.1, 0.15) is 6.04 Å². The van der Waals surface area contributed by atoms with E-state index in [1.54, 1.807) is 35.7 Å². The topological polar surface area (TPSA) is 76.7 Å². The van der Waals surface area contributed by atoms with Crippen LogP contribution in [0.1, 0.15) is 22.9 Å². The standard InChI is InChI=1S/C20H17N5O/c26-20(17-8-2-1-3-9-17,18-10-4-5-12-22-18)19(25-14-13-23-24-25)16-7-6-11-21-15-16/h1-15,19,26H/t19-,20-/m1/s1. The predicted octanol–water partition coefficient (Wildman–Crippen LogP) is 2.59. The summed E-state index contributed by atoms with van der Waals surface area (Å²) in [6.45, 7) is 0. The summed E-state index contributed by atoms with van der Waals surface area (Å²) in [7, 11) is 0. The molecule has 3 heterocycles. The van der Waals surface area contributed by atoms with Gasteiger partial charge in [-0.1, -0.05) is 47.7 Å². The highest BCUT2D eigenvalue weighted by Crippen LogP contribution is 2.41. The van der Waals surface area contributed by atoms with Gasteiger partial charge in [-0.05, 0) is 29.3 Å². The predicted molar refractivity (Wildman–Crippen MR) is 96.1 cm³/mol. The van der Waals surface area contributed by atoms with Crippen molar-refractivity contribution in [1.82, 2.24) is 25.0 Å². The highest BCUT2D eigenvalue weighted by molar-refractivity contribution is 5.38. The van der Waals surface area contributed by atoms with Crippen LogP contribution in [0.15, 0.2) is 91.6 Å². The van der Waals surface area contributed by atoms with E-state index >= 15 is 0 Å². The summed E-state index contributed by atoms with van der Waals surface area (Å²) in [5.74, 6) is 0. The van der Waals surface area contributed by atoms with Crippen LogP contribution in [0.4, 0.5) is 0 Å². The van der Waals surface area contributed by atoms with Gasteiger partial charge in [0.2, 0.25) is 0 Å². The second-order valence-corrected chi connectivity index (χ2v) is 5.92. The van der Waals surface area contributed by atoms with Crippen molar-refractivity contribution in [3.05, 3.63) is 108 Å². The Morgan fingerprint density at radius 3 is 2.38 bits per heavy atom. The third kappa shape index (κ3) is 2.76. The Morgan fingerprint density at radius 1 is 0.885 bits per heavy atom. The third-order valence-corrected chi connectivity index (χ3v) is 4.37. The molecule has 1 N–H and O–H groups in total. The highest BCUT2D eigenvalue weighted by Gasteiger charge is 2.44. The fourth-order valence-corrected chi connectivity index (χ4v) is 3.20. The van der Waals surface area contributed by atoms with Crippen LogP contribution in [0.5, 0.6) is 0 Å². The summed E-state index contributed by atoms with van der Waals surface area (Å²) in [5.41, 5.74) is 0.577. The fourth-order valence-electron chi connectivity index (χ4n) is 3.20. The second-order valence-electron chi connectivity index (χ2n) is 5.92. The Bertz CT molecular complexity index is 904. The maximum atomic E-state index is 12.1. The smallest absolute Gasteiger partial charge is 0.158 e. The van der Waals surface area contributed by atoms with Crippen LogP contribution >= 0.6 is 0 Å². The van der Waals surface area contributed by atoms with Gasteiger partial charge in [-0.15, -0.1) is 5.10 Å². The van der Waals surface area contributed by atoms with E-state index in [0.29, 0.717) is 11.3 Å². The van der Waals surface area contributed by atoms with E-state index in [0.717, 1.165) is 5.56 Å². The van der Waals surface area contributed by atoms with Gasteiger partial charge < -0.3 is 5.11 Å². The number of benzene rings is 1. The van der Waals surface area contributed by atoms with Gasteiger partial charge in [0.25, 0.3) is 0 Å². The van der Waals surface area contributed by atoms with Crippen molar-refractivity contribution in [2.45, 2.75) is 11.6 Å². The molecule has 0 amide bonds. The van der Waals surface area contributed by atoms with Crippen LogP contribution in [0.2, 0.25) is 0 Å². The Hall–Kier alpha value is -3.38. The van der Waals surface area contributed by atoms with Crippen LogP contribution < -0.4 is 0 Å². The Morgan fingerprint density at radius 2 is 1.73 bits per heavy atom. The SMILES string of the molecule is O[C@](c1ccccc1)(c1ccccn1)[C@@H](c1cccnc1)n1ccnn1. The summed E-state index contributed by atoms with van der Waals surface area (Å²) in [5, 5.41) is 20.2. The third-order valence-electron chi connectivity index (χ3n) is 4.37. The first-order chi connectivity index (χ1) is 12.8. The van der Waals surface area contributed by atoms with Gasteiger partial charge >= 0.3 is 0 Å². The zero-order valence-corrected chi connectivity index (χ0v) is 13.9. The Kier molecular flexibility index (Phi) is 4.25. The number of rotatable bonds is 5. The lowest BCUT2D eigenvalue weighted by molar-refractivity contribution is 0.0287. The first-order valence-electron chi connectivity index (χ1n) is 8.25. The minimum atomic E-state index is -1.46. The van der Waals surface area contributed by atoms with Gasteiger partial charge in [0.05, 0.1) is 11.9 Å². The van der Waals surface area contributed by atoms with E-state index in [9.17, 15) is 5.11 Å². The van der Waals surface area contributed by atoms with Crippen LogP contribution in [0.25, 0.3) is 0 Å². The average molecular weight is 343 g/mol. The van der Waals surface area contributed by atoms with Crippen molar-refractivity contribution in [1.29, 1.82) is 0 Å². The molecule has 0 bridgehead atoms. The minimum absolute atomic E-state index is 0.524. The summed E-state index contributed by atoms with van der Waals surface area (Å²) in [6, 6.07) is 18.1. The first kappa shape index (κ1) is 16.1. The van der Waals surface area contributed by atoms with E-state index in [-0.39, 0.29) is 0 Å². The molecule has 0 unspecified atom stereocenters. The average Bonchev–Trinajstić information content (AvgIpc) is 3.24. The summed E-state index contributed by atoms with van der Waals surface area (Å²) >= 11 is 0. The van der Waals surface area contributed by atoms with E-state index in [1.807, 2.05) is 60.7 Å². The fraction of sp³-hybridized carbons (Fsp3) is 0.100. The quantitative estimate of drug-likeness (QED) is 0.603. The van der Waals surface area contributed by atoms with E-state index in [4.69, 9.17) is 0 Å². The molecular formula is C20H17N5O. The van der Waals surface area contributed by atoms with Gasteiger partial charge in [-0.25, -0.2) is 4.68 Å². The maximum absolute atomic E-state index is 12.1. The summed E-state index contributed by atoms with van der Waals surface area (Å²) < 4.78 is 1.64. The maximum Gasteiger partial charge on any atom is 0.158 e. The molecule has 6 nitrogen and oxygen atoms in total. The number of hydrogen-bond donors (Lipinski definition) is 1. The van der Waals surface area contributed by atoms with Crippen molar-refractivity contribution in [3.63, 3.8) is 0 Å². The molecule has 0 fully saturated rings. The van der Waals surface area contributed by atoms with Crippen molar-refractivity contribution in [3.8, 4) is 0 Å². The van der Waals surface area contributed by atoms with Gasteiger partial charge in [-0.3, -0.25) is 9.97 Å². The molecule has 26 heavy (non-hydrogen) atoms. The van der Waals surface area contributed by atoms with Gasteiger partial charge in [0.15, 0.2) is 5.60 Å². The van der Waals surface area contributed by atoms with Gasteiger partial charge in [-0.2, -0.15) is 0 Å². The number of hydrogen-bond acceptors (Lipinski definition) is 5. The molecule has 0 aliphatic heterocycles. The molecule has 0 aliphatic rings. The van der Waals surface area contributed by atoms with E-state index < -0.39 is 11.6 Å². The molecule has 4 aromatic rings. The summed E-state index contributed by atoms with van der Waals surface area (Å²) in [6.07, 6.45) is 8.42. The van der Waals surface area contributed by atoms with Gasteiger partial charge in [0, 0.05) is 24.8 Å². The lowest BCUT2D eigenvalue weighted by Gasteiger charge is -2.36. The molecular weight excluding hydrogens is 326 g/mol. The molecule has 4 rings (SSSR count). The van der Waals surface area contributed by atoms with Crippen LogP contribution in [0, 0.1) is 0 Å². The molecule has 1 aromatic carbocycles. The Labute approximate surface area is 150 Å². The number of pyridine rings is 2. The normalized spacial score (nSPS) is 14.5. The molecule has 0 saturated heterocycles. The van der Waals surface area contributed by atoms with Crippen LogP contribution in [-0.4, -0.2) is 30.1 Å². The van der Waals surface area contributed by atoms with E-state index in [1.165, 1.54) is 0 Å². The lowest BCUT2D eigenvalue weighted by Crippen LogP contribution is -2.40. The van der Waals surface area contributed by atoms with Crippen molar-refractivity contribution in [2.24, 2.45) is 0 Å². The molecule has 0 radical (unpaired) electrons. The molecule has 0 spiro atoms. The first-order valence-corrected chi connectivity index (χ1v) is 8.25. The molecule has 6 heteroatoms. The van der Waals surface area contributed by atoms with Crippen molar-refractivity contribution < 1.29 is 5.11 Å². The van der Waals surface area contributed by atoms with Crippen molar-refractivity contribution >= 4 is 0 Å². The zero-order chi connectivity index (χ0) is 17.8. The number of aromatic nitrogens is 5. The second kappa shape index (κ2) is 6.85. The minimum Gasteiger partial charge on any atom is -0.376 e. The molecule has 3 aromatic heterocycles. The Balaban J connectivity index is 2.00. The number of aliphatic hydroxyl groups is 1. The molecule has 0 aliphatic carbocycles. The lowest BCUT2D eigenvalue weighted by atomic mass is 9.80. The largest absolute Gasteiger partial charge is 0.376 e. The van der Waals surface area contributed by atoms with E-state index in [2.05, 4.69) is 20.3 Å². The molecule has 0 saturated carbocycles. The molecule has 128 valence electrons. The summed E-state index contributed by atoms with van der Waals surface area (Å²) in [4.78, 5) is 8.67. The van der Waals surface area contributed by atoms with Crippen LogP contribution in [0.3, 0.4) is 0 Å². The number of nitrogens with zero attached hydrogens (tertiary/aromatic N) is 5. The monoisotopic (exact) mass is 343 g/mol. The highest BCUT2D eigenvalue weighted by atomic mass is 16.3. The molecule has 2 atom stereocenters. The van der Waals surface area contributed by atoms with Crippen LogP contribution in [-0.2, 0) is 5.60 Å². The zero-order valence-electron chi connectivity index (χ0n) is 13.9. The van der Waals surface area contributed by atoms with Crippen molar-refractivity contribution in [2.75, 3.05) is 0 Å².